The molecular formula is C37H27Cl2FN2O5. The predicted octanol–water partition coefficient (Wildman–Crippen LogP) is 7.29. The van der Waals surface area contributed by atoms with Gasteiger partial charge in [0.1, 0.15) is 5.82 Å². The van der Waals surface area contributed by atoms with Gasteiger partial charge >= 0.3 is 5.97 Å². The number of halogens is 3. The van der Waals surface area contributed by atoms with Crippen LogP contribution >= 0.6 is 23.2 Å². The molecule has 7 unspecified atom stereocenters. The lowest BCUT2D eigenvalue weighted by atomic mass is 9.63. The number of rotatable bonds is 8. The summed E-state index contributed by atoms with van der Waals surface area (Å²) in [5.41, 5.74) is 2.37. The molecule has 7 nitrogen and oxygen atoms in total. The zero-order valence-corrected chi connectivity index (χ0v) is 26.3. The lowest BCUT2D eigenvalue weighted by Gasteiger charge is -2.37. The zero-order chi connectivity index (χ0) is 32.6. The molecule has 5 aliphatic rings. The number of amides is 2. The number of anilines is 1. The summed E-state index contributed by atoms with van der Waals surface area (Å²) in [6, 6.07) is 18.5. The van der Waals surface area contributed by atoms with Crippen molar-refractivity contribution in [3.63, 3.8) is 0 Å². The molecule has 2 amide bonds. The molecular weight excluding hydrogens is 642 g/mol. The number of aromatic nitrogens is 1. The van der Waals surface area contributed by atoms with Gasteiger partial charge < -0.3 is 4.74 Å². The van der Waals surface area contributed by atoms with Crippen LogP contribution in [0.15, 0.2) is 84.9 Å². The van der Waals surface area contributed by atoms with Crippen molar-refractivity contribution in [2.45, 2.75) is 18.9 Å². The minimum absolute atomic E-state index is 0.0495. The highest BCUT2D eigenvalue weighted by Gasteiger charge is 2.67. The molecule has 7 atom stereocenters. The lowest BCUT2D eigenvalue weighted by molar-refractivity contribution is -0.124. The Morgan fingerprint density at radius 1 is 0.915 bits per heavy atom. The van der Waals surface area contributed by atoms with Gasteiger partial charge in [0.25, 0.3) is 0 Å². The van der Waals surface area contributed by atoms with E-state index in [1.807, 2.05) is 0 Å². The molecule has 3 fully saturated rings. The molecule has 1 aliphatic heterocycles. The number of hydrogen-bond acceptors (Lipinski definition) is 6. The molecule has 4 aromatic rings. The first-order chi connectivity index (χ1) is 22.7. The number of ether oxygens (including phenoxy) is 1. The molecule has 0 spiro atoms. The van der Waals surface area contributed by atoms with Crippen LogP contribution in [0, 0.1) is 41.3 Å². The predicted molar refractivity (Wildman–Crippen MR) is 175 cm³/mol. The van der Waals surface area contributed by atoms with Crippen molar-refractivity contribution in [3.8, 4) is 11.3 Å². The summed E-state index contributed by atoms with van der Waals surface area (Å²) in [6.45, 7) is 0. The Labute approximate surface area is 279 Å². The molecule has 1 aromatic heterocycles. The maximum atomic E-state index is 13.7. The SMILES string of the molecule is O=C(OC(CCCl)C(=O)c1ccc(F)cc1)c1cc(-c2ccc(N3C(=O)C4C5C=CC(C6CC56)C4C3=O)cc2)nc2ccc(Cl)cc12. The van der Waals surface area contributed by atoms with E-state index < -0.39 is 23.7 Å². The zero-order valence-electron chi connectivity index (χ0n) is 24.8. The van der Waals surface area contributed by atoms with Gasteiger partial charge in [0.15, 0.2) is 6.10 Å². The average molecular weight is 670 g/mol. The first-order valence-electron chi connectivity index (χ1n) is 15.6. The average Bonchev–Trinajstić information content (AvgIpc) is 3.86. The van der Waals surface area contributed by atoms with Crippen molar-refractivity contribution in [1.29, 1.82) is 0 Å². The van der Waals surface area contributed by atoms with Crippen LogP contribution in [0.1, 0.15) is 33.6 Å². The second kappa shape index (κ2) is 11.4. The number of ketones is 1. The summed E-state index contributed by atoms with van der Waals surface area (Å²) in [5.74, 6) is -1.26. The first kappa shape index (κ1) is 30.0. The van der Waals surface area contributed by atoms with Gasteiger partial charge in [0.05, 0.1) is 34.3 Å². The number of allylic oxidation sites excluding steroid dienone is 2. The number of esters is 1. The lowest BCUT2D eigenvalue weighted by Crippen LogP contribution is -2.40. The van der Waals surface area contributed by atoms with Gasteiger partial charge in [0.2, 0.25) is 17.6 Å². The van der Waals surface area contributed by atoms with Crippen LogP contribution in [0.5, 0.6) is 0 Å². The van der Waals surface area contributed by atoms with Gasteiger partial charge in [-0.25, -0.2) is 14.2 Å². The third-order valence-corrected chi connectivity index (χ3v) is 10.6. The minimum Gasteiger partial charge on any atom is -0.450 e. The number of alkyl halides is 1. The summed E-state index contributed by atoms with van der Waals surface area (Å²) in [6.07, 6.45) is 4.25. The molecule has 2 heterocycles. The van der Waals surface area contributed by atoms with E-state index in [4.69, 9.17) is 32.9 Å². The van der Waals surface area contributed by atoms with Crippen LogP contribution in [-0.2, 0) is 14.3 Å². The Balaban J connectivity index is 1.09. The van der Waals surface area contributed by atoms with Crippen molar-refractivity contribution in [2.24, 2.45) is 35.5 Å². The molecule has 0 radical (unpaired) electrons. The molecule has 2 saturated carbocycles. The van der Waals surface area contributed by atoms with Crippen LogP contribution in [0.25, 0.3) is 22.2 Å². The Kier molecular flexibility index (Phi) is 7.26. The fourth-order valence-electron chi connectivity index (χ4n) is 7.84. The molecule has 1 saturated heterocycles. The topological polar surface area (TPSA) is 93.6 Å². The monoisotopic (exact) mass is 668 g/mol. The second-order valence-electron chi connectivity index (χ2n) is 12.7. The van der Waals surface area contributed by atoms with Crippen molar-refractivity contribution in [1.82, 2.24) is 4.98 Å². The van der Waals surface area contributed by atoms with E-state index in [-0.39, 0.29) is 58.9 Å². The van der Waals surface area contributed by atoms with Crippen LogP contribution in [-0.4, -0.2) is 40.5 Å². The van der Waals surface area contributed by atoms with Gasteiger partial charge in [-0.3, -0.25) is 19.3 Å². The maximum absolute atomic E-state index is 13.7. The van der Waals surface area contributed by atoms with E-state index in [0.29, 0.717) is 44.7 Å². The van der Waals surface area contributed by atoms with Crippen LogP contribution < -0.4 is 4.90 Å². The smallest absolute Gasteiger partial charge is 0.339 e. The molecule has 4 aliphatic carbocycles. The highest BCUT2D eigenvalue weighted by molar-refractivity contribution is 6.31. The summed E-state index contributed by atoms with van der Waals surface area (Å²) >= 11 is 12.2. The van der Waals surface area contributed by atoms with Crippen LogP contribution in [0.4, 0.5) is 10.1 Å². The molecule has 236 valence electrons. The van der Waals surface area contributed by atoms with Gasteiger partial charge in [-0.05, 0) is 90.8 Å². The van der Waals surface area contributed by atoms with Crippen LogP contribution in [0.2, 0.25) is 5.02 Å². The fraction of sp³-hybridized carbons (Fsp3) is 0.270. The first-order valence-corrected chi connectivity index (χ1v) is 16.5. The second-order valence-corrected chi connectivity index (χ2v) is 13.5. The number of pyridine rings is 1. The van der Waals surface area contributed by atoms with Gasteiger partial charge in [-0.1, -0.05) is 35.9 Å². The van der Waals surface area contributed by atoms with E-state index in [1.54, 1.807) is 48.5 Å². The van der Waals surface area contributed by atoms with Crippen molar-refractivity contribution in [3.05, 3.63) is 107 Å². The third kappa shape index (κ3) is 4.97. The number of imide groups is 1. The number of fused-ring (bicyclic) bond motifs is 1. The normalized spacial score (nSPS) is 25.9. The molecule has 2 bridgehead atoms. The number of benzene rings is 3. The van der Waals surface area contributed by atoms with Crippen molar-refractivity contribution < 1.29 is 28.3 Å². The molecule has 3 aromatic carbocycles. The minimum atomic E-state index is -1.20. The molecule has 10 heteroatoms. The number of nitrogens with zero attached hydrogens (tertiary/aromatic N) is 2. The summed E-state index contributed by atoms with van der Waals surface area (Å²) < 4.78 is 19.2. The number of carbonyl (C=O) groups excluding carboxylic acids is 4. The van der Waals surface area contributed by atoms with E-state index in [1.165, 1.54) is 17.0 Å². The van der Waals surface area contributed by atoms with Gasteiger partial charge in [0, 0.05) is 33.8 Å². The van der Waals surface area contributed by atoms with E-state index in [9.17, 15) is 23.6 Å². The van der Waals surface area contributed by atoms with E-state index in [0.717, 1.165) is 18.6 Å². The standard InChI is InChI=1S/C37H27Cl2FN2O5/c38-14-13-31(34(43)19-1-6-21(40)7-2-19)47-37(46)28-17-30(41-29-12-5-20(39)15-27(28)29)18-3-8-22(9-4-18)42-35(44)32-23-10-11-24(26-16-25(23)26)33(32)36(42)45/h1-12,15,17,23-26,31-33H,13-14,16H2. The Morgan fingerprint density at radius 2 is 1.57 bits per heavy atom. The van der Waals surface area contributed by atoms with E-state index >= 15 is 0 Å². The third-order valence-electron chi connectivity index (χ3n) is 10.1. The number of carbonyl (C=O) groups is 4. The summed E-state index contributed by atoms with van der Waals surface area (Å²) in [7, 11) is 0. The van der Waals surface area contributed by atoms with E-state index in [2.05, 4.69) is 12.2 Å². The van der Waals surface area contributed by atoms with Gasteiger partial charge in [-0.2, -0.15) is 0 Å². The largest absolute Gasteiger partial charge is 0.450 e. The maximum Gasteiger partial charge on any atom is 0.339 e. The Hall–Kier alpha value is -4.40. The molecule has 0 N–H and O–H groups in total. The van der Waals surface area contributed by atoms with Crippen molar-refractivity contribution >= 4 is 63.4 Å². The van der Waals surface area contributed by atoms with Gasteiger partial charge in [-0.15, -0.1) is 11.6 Å². The molecule has 9 rings (SSSR count). The molecule has 47 heavy (non-hydrogen) atoms. The number of hydrogen-bond donors (Lipinski definition) is 0. The highest BCUT2D eigenvalue weighted by Crippen LogP contribution is 2.65. The van der Waals surface area contributed by atoms with Crippen molar-refractivity contribution in [2.75, 3.05) is 10.8 Å². The Bertz CT molecular complexity index is 1980. The Morgan fingerprint density at radius 3 is 2.21 bits per heavy atom. The van der Waals surface area contributed by atoms with Crippen LogP contribution in [0.3, 0.4) is 0 Å². The quantitative estimate of drug-likeness (QED) is 0.0644. The number of Topliss-reactive ketones (excluding diaryl/α,β-unsaturated/α-hetero) is 1. The highest BCUT2D eigenvalue weighted by atomic mass is 35.5. The fourth-order valence-corrected chi connectivity index (χ4v) is 8.21. The summed E-state index contributed by atoms with van der Waals surface area (Å²) in [5, 5.41) is 0.811. The summed E-state index contributed by atoms with van der Waals surface area (Å²) in [4.78, 5) is 60.2.